The molecule has 0 radical (unpaired) electrons. The lowest BCUT2D eigenvalue weighted by atomic mass is 10.3. The van der Waals surface area contributed by atoms with Crippen molar-refractivity contribution in [3.05, 3.63) is 40.3 Å². The van der Waals surface area contributed by atoms with Crippen LogP contribution in [0.2, 0.25) is 0 Å². The Balaban J connectivity index is 2.41. The molecule has 1 aromatic heterocycles. The summed E-state index contributed by atoms with van der Waals surface area (Å²) in [7, 11) is 0. The predicted molar refractivity (Wildman–Crippen MR) is 69.9 cm³/mol. The molecule has 0 saturated heterocycles. The quantitative estimate of drug-likeness (QED) is 0.397. The fourth-order valence-corrected chi connectivity index (χ4v) is 1.34. The molecule has 0 aliphatic heterocycles. The van der Waals surface area contributed by atoms with E-state index in [1.165, 1.54) is 6.21 Å². The maximum Gasteiger partial charge on any atom is 0.276 e. The van der Waals surface area contributed by atoms with Gasteiger partial charge in [0.2, 0.25) is 0 Å². The summed E-state index contributed by atoms with van der Waals surface area (Å²) in [5.74, 6) is 0. The first-order chi connectivity index (χ1) is 8.16. The molecule has 0 aliphatic carbocycles. The van der Waals surface area contributed by atoms with Gasteiger partial charge in [-0.25, -0.2) is 4.98 Å². The van der Waals surface area contributed by atoms with Gasteiger partial charge in [0.1, 0.15) is 5.69 Å². The number of nitrogens with zero attached hydrogens (tertiary/aromatic N) is 2. The van der Waals surface area contributed by atoms with Crippen LogP contribution in [-0.2, 0) is 0 Å². The van der Waals surface area contributed by atoms with Gasteiger partial charge in [-0.05, 0) is 24.4 Å². The summed E-state index contributed by atoms with van der Waals surface area (Å²) >= 11 is 4.57. The molecule has 7 heteroatoms. The fraction of sp³-hybridized carbons (Fsp3) is 0. The van der Waals surface area contributed by atoms with E-state index in [9.17, 15) is 4.79 Å². The van der Waals surface area contributed by atoms with Crippen LogP contribution in [0.5, 0.6) is 0 Å². The number of nitrogens with two attached hydrogens (primary N) is 1. The number of hydrogen-bond donors (Lipinski definition) is 3. The van der Waals surface area contributed by atoms with Crippen LogP contribution in [0.25, 0.3) is 11.0 Å². The van der Waals surface area contributed by atoms with Crippen molar-refractivity contribution in [1.82, 2.24) is 15.4 Å². The molecule has 86 valence electrons. The highest BCUT2D eigenvalue weighted by Gasteiger charge is 2.01. The van der Waals surface area contributed by atoms with Gasteiger partial charge in [0.25, 0.3) is 5.56 Å². The first-order valence-corrected chi connectivity index (χ1v) is 5.15. The van der Waals surface area contributed by atoms with Crippen molar-refractivity contribution >= 4 is 34.6 Å². The number of nitrogens with one attached hydrogen (secondary N) is 2. The minimum Gasteiger partial charge on any atom is -0.375 e. The van der Waals surface area contributed by atoms with Crippen LogP contribution < -0.4 is 16.7 Å². The Morgan fingerprint density at radius 3 is 3.06 bits per heavy atom. The van der Waals surface area contributed by atoms with E-state index in [-0.39, 0.29) is 16.4 Å². The van der Waals surface area contributed by atoms with E-state index in [2.05, 4.69) is 32.7 Å². The Morgan fingerprint density at radius 2 is 2.29 bits per heavy atom. The summed E-state index contributed by atoms with van der Waals surface area (Å²) in [6.45, 7) is 0. The summed E-state index contributed by atoms with van der Waals surface area (Å²) in [5.41, 5.74) is 8.77. The summed E-state index contributed by atoms with van der Waals surface area (Å²) in [4.78, 5) is 18.5. The molecule has 6 nitrogen and oxygen atoms in total. The van der Waals surface area contributed by atoms with Gasteiger partial charge in [0, 0.05) is 0 Å². The third-order valence-electron chi connectivity index (χ3n) is 1.99. The molecule has 2 aromatic rings. The van der Waals surface area contributed by atoms with E-state index < -0.39 is 0 Å². The number of aromatic nitrogens is 2. The molecular weight excluding hydrogens is 238 g/mol. The van der Waals surface area contributed by atoms with Crippen LogP contribution in [-0.4, -0.2) is 21.3 Å². The summed E-state index contributed by atoms with van der Waals surface area (Å²) in [5, 5.41) is 3.71. The van der Waals surface area contributed by atoms with Crippen LogP contribution in [0, 0.1) is 0 Å². The number of hydrogen-bond acceptors (Lipinski definition) is 4. The van der Waals surface area contributed by atoms with Crippen LogP contribution in [0.3, 0.4) is 0 Å². The van der Waals surface area contributed by atoms with E-state index in [1.807, 2.05) is 12.1 Å². The molecule has 0 atom stereocenters. The molecule has 0 unspecified atom stereocenters. The Kier molecular flexibility index (Phi) is 3.10. The van der Waals surface area contributed by atoms with Crippen LogP contribution >= 0.6 is 12.2 Å². The number of rotatable bonds is 2. The highest BCUT2D eigenvalue weighted by Crippen LogP contribution is 2.04. The van der Waals surface area contributed by atoms with Gasteiger partial charge in [0.15, 0.2) is 5.11 Å². The molecular formula is C10H9N5OS. The van der Waals surface area contributed by atoms with Gasteiger partial charge in [-0.1, -0.05) is 12.1 Å². The normalized spacial score (nSPS) is 10.8. The second-order valence-corrected chi connectivity index (χ2v) is 3.64. The van der Waals surface area contributed by atoms with Crippen LogP contribution in [0.15, 0.2) is 34.2 Å². The summed E-state index contributed by atoms with van der Waals surface area (Å²) in [6.07, 6.45) is 1.27. The number of benzene rings is 1. The number of para-hydroxylation sites is 2. The lowest BCUT2D eigenvalue weighted by molar-refractivity contribution is 1.04. The first-order valence-electron chi connectivity index (χ1n) is 4.74. The van der Waals surface area contributed by atoms with Crippen molar-refractivity contribution in [2.24, 2.45) is 10.8 Å². The zero-order chi connectivity index (χ0) is 12.3. The Labute approximate surface area is 102 Å². The lowest BCUT2D eigenvalue weighted by Gasteiger charge is -1.98. The Bertz CT molecular complexity index is 648. The van der Waals surface area contributed by atoms with E-state index in [0.29, 0.717) is 11.0 Å². The Hall–Kier alpha value is -2.28. The molecule has 2 rings (SSSR count). The van der Waals surface area contributed by atoms with Gasteiger partial charge in [-0.2, -0.15) is 5.10 Å². The van der Waals surface area contributed by atoms with E-state index in [1.54, 1.807) is 12.1 Å². The molecule has 1 heterocycles. The van der Waals surface area contributed by atoms with Crippen molar-refractivity contribution in [3.63, 3.8) is 0 Å². The van der Waals surface area contributed by atoms with Crippen molar-refractivity contribution in [2.75, 3.05) is 0 Å². The molecule has 0 amide bonds. The smallest absolute Gasteiger partial charge is 0.276 e. The van der Waals surface area contributed by atoms with E-state index in [0.717, 1.165) is 0 Å². The first kappa shape index (κ1) is 11.2. The zero-order valence-electron chi connectivity index (χ0n) is 8.68. The second-order valence-electron chi connectivity index (χ2n) is 3.20. The van der Waals surface area contributed by atoms with Crippen molar-refractivity contribution in [2.45, 2.75) is 0 Å². The summed E-state index contributed by atoms with van der Waals surface area (Å²) < 4.78 is 0. The number of thiocarbonyl (C=S) groups is 1. The van der Waals surface area contributed by atoms with Gasteiger partial charge >= 0.3 is 0 Å². The van der Waals surface area contributed by atoms with E-state index in [4.69, 9.17) is 5.73 Å². The standard InChI is InChI=1S/C10H9N5OS/c11-10(17)15-12-5-8-9(16)14-7-4-2-1-3-6(7)13-8/h1-5H,(H,14,16)(H3,11,15,17)/b12-5+. The van der Waals surface area contributed by atoms with Gasteiger partial charge in [-0.15, -0.1) is 0 Å². The van der Waals surface area contributed by atoms with Crippen molar-refractivity contribution in [1.29, 1.82) is 0 Å². The SMILES string of the molecule is NC(=S)N/N=C/c1nc2ccccc2[nH]c1=O. The number of hydrazone groups is 1. The van der Waals surface area contributed by atoms with Gasteiger partial charge in [-0.3, -0.25) is 10.2 Å². The minimum atomic E-state index is -0.322. The maximum atomic E-state index is 11.6. The lowest BCUT2D eigenvalue weighted by Crippen LogP contribution is -2.25. The zero-order valence-corrected chi connectivity index (χ0v) is 9.49. The monoisotopic (exact) mass is 247 g/mol. The molecule has 0 aliphatic rings. The molecule has 0 saturated carbocycles. The number of H-pyrrole nitrogens is 1. The number of fused-ring (bicyclic) bond motifs is 1. The van der Waals surface area contributed by atoms with Gasteiger partial charge in [0.05, 0.1) is 17.2 Å². The average Bonchev–Trinajstić information content (AvgIpc) is 2.29. The Morgan fingerprint density at radius 1 is 1.53 bits per heavy atom. The second kappa shape index (κ2) is 4.71. The highest BCUT2D eigenvalue weighted by atomic mass is 32.1. The molecule has 0 bridgehead atoms. The fourth-order valence-electron chi connectivity index (χ4n) is 1.29. The largest absolute Gasteiger partial charge is 0.375 e. The topological polar surface area (TPSA) is 96.2 Å². The maximum absolute atomic E-state index is 11.6. The molecule has 17 heavy (non-hydrogen) atoms. The molecule has 0 spiro atoms. The molecule has 1 aromatic carbocycles. The van der Waals surface area contributed by atoms with Crippen LogP contribution in [0.1, 0.15) is 5.69 Å². The summed E-state index contributed by atoms with van der Waals surface area (Å²) in [6, 6.07) is 7.23. The number of aromatic amines is 1. The average molecular weight is 247 g/mol. The molecule has 0 fully saturated rings. The third kappa shape index (κ3) is 2.64. The third-order valence-corrected chi connectivity index (χ3v) is 2.08. The van der Waals surface area contributed by atoms with Crippen molar-refractivity contribution < 1.29 is 0 Å². The van der Waals surface area contributed by atoms with Crippen molar-refractivity contribution in [3.8, 4) is 0 Å². The highest BCUT2D eigenvalue weighted by molar-refractivity contribution is 7.80. The minimum absolute atomic E-state index is 0.0264. The van der Waals surface area contributed by atoms with Crippen LogP contribution in [0.4, 0.5) is 0 Å². The molecule has 4 N–H and O–H groups in total. The van der Waals surface area contributed by atoms with E-state index >= 15 is 0 Å². The van der Waals surface area contributed by atoms with Gasteiger partial charge < -0.3 is 10.7 Å². The predicted octanol–water partition coefficient (Wildman–Crippen LogP) is 0.0902.